The SMILES string of the molecule is CC(C)(CC(=O)O)Cc1nnc(CCC2CCCO2)o1. The number of nitrogens with zero attached hydrogens (tertiary/aromatic N) is 2. The molecule has 1 aromatic heterocycles. The van der Waals surface area contributed by atoms with Crippen molar-refractivity contribution < 1.29 is 19.1 Å². The second kappa shape index (κ2) is 6.35. The first-order chi connectivity index (χ1) is 9.44. The largest absolute Gasteiger partial charge is 0.481 e. The fourth-order valence-corrected chi connectivity index (χ4v) is 2.50. The lowest BCUT2D eigenvalue weighted by Gasteiger charge is -2.19. The van der Waals surface area contributed by atoms with E-state index in [0.29, 0.717) is 24.3 Å². The first-order valence-corrected chi connectivity index (χ1v) is 7.09. The number of carboxylic acid groups (broad SMARTS) is 1. The molecule has 1 aliphatic heterocycles. The molecule has 1 aliphatic rings. The number of carboxylic acids is 1. The van der Waals surface area contributed by atoms with Gasteiger partial charge in [0.05, 0.1) is 12.5 Å². The number of hydrogen-bond acceptors (Lipinski definition) is 5. The van der Waals surface area contributed by atoms with Crippen LogP contribution in [0.4, 0.5) is 0 Å². The van der Waals surface area contributed by atoms with Crippen LogP contribution in [-0.4, -0.2) is 34.0 Å². The number of rotatable bonds is 7. The summed E-state index contributed by atoms with van der Waals surface area (Å²) < 4.78 is 11.1. The smallest absolute Gasteiger partial charge is 0.303 e. The Balaban J connectivity index is 1.83. The molecule has 0 aromatic carbocycles. The third kappa shape index (κ3) is 4.59. The average molecular weight is 282 g/mol. The molecule has 112 valence electrons. The maximum absolute atomic E-state index is 10.8. The zero-order chi connectivity index (χ0) is 14.6. The summed E-state index contributed by atoms with van der Waals surface area (Å²) in [4.78, 5) is 10.8. The summed E-state index contributed by atoms with van der Waals surface area (Å²) in [5.74, 6) is 0.313. The van der Waals surface area contributed by atoms with Gasteiger partial charge in [-0.2, -0.15) is 0 Å². The molecule has 0 amide bonds. The van der Waals surface area contributed by atoms with Crippen LogP contribution in [-0.2, 0) is 22.4 Å². The molecule has 1 saturated heterocycles. The van der Waals surface area contributed by atoms with Gasteiger partial charge in [-0.05, 0) is 24.7 Å². The minimum atomic E-state index is -0.812. The lowest BCUT2D eigenvalue weighted by atomic mass is 9.86. The molecule has 6 nitrogen and oxygen atoms in total. The van der Waals surface area contributed by atoms with Gasteiger partial charge in [0.1, 0.15) is 0 Å². The van der Waals surface area contributed by atoms with Crippen molar-refractivity contribution in [2.75, 3.05) is 6.61 Å². The van der Waals surface area contributed by atoms with E-state index in [2.05, 4.69) is 10.2 Å². The van der Waals surface area contributed by atoms with Crippen molar-refractivity contribution in [2.24, 2.45) is 5.41 Å². The second-order valence-corrected chi connectivity index (χ2v) is 6.17. The van der Waals surface area contributed by atoms with E-state index in [-0.39, 0.29) is 11.8 Å². The Morgan fingerprint density at radius 1 is 1.40 bits per heavy atom. The zero-order valence-electron chi connectivity index (χ0n) is 12.1. The van der Waals surface area contributed by atoms with E-state index in [0.717, 1.165) is 32.3 Å². The summed E-state index contributed by atoms with van der Waals surface area (Å²) in [6.45, 7) is 4.62. The Hall–Kier alpha value is -1.43. The lowest BCUT2D eigenvalue weighted by Crippen LogP contribution is -2.19. The molecule has 1 N–H and O–H groups in total. The Morgan fingerprint density at radius 2 is 2.15 bits per heavy atom. The Morgan fingerprint density at radius 3 is 2.80 bits per heavy atom. The molecule has 0 radical (unpaired) electrons. The molecule has 0 bridgehead atoms. The Bertz CT molecular complexity index is 450. The summed E-state index contributed by atoms with van der Waals surface area (Å²) in [7, 11) is 0. The van der Waals surface area contributed by atoms with Gasteiger partial charge < -0.3 is 14.3 Å². The highest BCUT2D eigenvalue weighted by molar-refractivity contribution is 5.67. The molecule has 20 heavy (non-hydrogen) atoms. The molecule has 1 atom stereocenters. The van der Waals surface area contributed by atoms with Crippen LogP contribution in [0.1, 0.15) is 51.3 Å². The number of hydrogen-bond donors (Lipinski definition) is 1. The molecule has 0 spiro atoms. The number of aryl methyl sites for hydroxylation is 1. The second-order valence-electron chi connectivity index (χ2n) is 6.17. The Kier molecular flexibility index (Phi) is 4.75. The molecule has 2 rings (SSSR count). The first kappa shape index (κ1) is 15.0. The maximum atomic E-state index is 10.8. The van der Waals surface area contributed by atoms with Gasteiger partial charge in [0.25, 0.3) is 0 Å². The van der Waals surface area contributed by atoms with E-state index in [1.54, 1.807) is 0 Å². The van der Waals surface area contributed by atoms with Gasteiger partial charge in [-0.3, -0.25) is 4.79 Å². The van der Waals surface area contributed by atoms with Crippen molar-refractivity contribution in [3.8, 4) is 0 Å². The third-order valence-electron chi connectivity index (χ3n) is 3.47. The number of aliphatic carboxylic acids is 1. The van der Waals surface area contributed by atoms with Crippen LogP contribution < -0.4 is 0 Å². The van der Waals surface area contributed by atoms with Crippen LogP contribution in [0.3, 0.4) is 0 Å². The number of carbonyl (C=O) groups is 1. The standard InChI is InChI=1S/C14H22N2O4/c1-14(2,9-13(17)18)8-12-16-15-11(20-12)6-5-10-4-3-7-19-10/h10H,3-9H2,1-2H3,(H,17,18). The summed E-state index contributed by atoms with van der Waals surface area (Å²) >= 11 is 0. The minimum absolute atomic E-state index is 0.0840. The van der Waals surface area contributed by atoms with Crippen molar-refractivity contribution in [1.29, 1.82) is 0 Å². The van der Waals surface area contributed by atoms with Crippen LogP contribution in [0, 0.1) is 5.41 Å². The lowest BCUT2D eigenvalue weighted by molar-refractivity contribution is -0.139. The highest BCUT2D eigenvalue weighted by Crippen LogP contribution is 2.25. The van der Waals surface area contributed by atoms with Gasteiger partial charge in [0.2, 0.25) is 11.8 Å². The van der Waals surface area contributed by atoms with E-state index >= 15 is 0 Å². The summed E-state index contributed by atoms with van der Waals surface area (Å²) in [5, 5.41) is 16.9. The fraction of sp³-hybridized carbons (Fsp3) is 0.786. The molecule has 6 heteroatoms. The number of aromatic nitrogens is 2. The van der Waals surface area contributed by atoms with Crippen LogP contribution >= 0.6 is 0 Å². The highest BCUT2D eigenvalue weighted by atomic mass is 16.5. The summed E-state index contributed by atoms with van der Waals surface area (Å²) in [6, 6.07) is 0. The fourth-order valence-electron chi connectivity index (χ4n) is 2.50. The first-order valence-electron chi connectivity index (χ1n) is 7.09. The van der Waals surface area contributed by atoms with E-state index in [1.165, 1.54) is 0 Å². The summed E-state index contributed by atoms with van der Waals surface area (Å²) in [6.07, 6.45) is 4.73. The van der Waals surface area contributed by atoms with Gasteiger partial charge >= 0.3 is 5.97 Å². The quantitative estimate of drug-likeness (QED) is 0.825. The van der Waals surface area contributed by atoms with Gasteiger partial charge in [-0.25, -0.2) is 0 Å². The van der Waals surface area contributed by atoms with Crippen LogP contribution in [0.2, 0.25) is 0 Å². The molecule has 1 fully saturated rings. The molecule has 0 aliphatic carbocycles. The van der Waals surface area contributed by atoms with Crippen LogP contribution in [0.5, 0.6) is 0 Å². The van der Waals surface area contributed by atoms with E-state index in [9.17, 15) is 4.79 Å². The van der Waals surface area contributed by atoms with Crippen molar-refractivity contribution in [1.82, 2.24) is 10.2 Å². The zero-order valence-corrected chi connectivity index (χ0v) is 12.1. The minimum Gasteiger partial charge on any atom is -0.481 e. The van der Waals surface area contributed by atoms with E-state index < -0.39 is 5.97 Å². The van der Waals surface area contributed by atoms with Crippen molar-refractivity contribution in [2.45, 2.75) is 58.5 Å². The van der Waals surface area contributed by atoms with Crippen molar-refractivity contribution >= 4 is 5.97 Å². The molecule has 2 heterocycles. The molecule has 0 saturated carbocycles. The predicted molar refractivity (Wildman–Crippen MR) is 71.3 cm³/mol. The maximum Gasteiger partial charge on any atom is 0.303 e. The number of ether oxygens (including phenoxy) is 1. The predicted octanol–water partition coefficient (Wildman–Crippen LogP) is 2.22. The van der Waals surface area contributed by atoms with Crippen molar-refractivity contribution in [3.63, 3.8) is 0 Å². The normalized spacial score (nSPS) is 19.4. The molecule has 1 unspecified atom stereocenters. The van der Waals surface area contributed by atoms with Gasteiger partial charge in [0, 0.05) is 19.4 Å². The van der Waals surface area contributed by atoms with Crippen LogP contribution in [0.25, 0.3) is 0 Å². The van der Waals surface area contributed by atoms with Gasteiger partial charge in [-0.1, -0.05) is 13.8 Å². The van der Waals surface area contributed by atoms with E-state index in [1.807, 2.05) is 13.8 Å². The summed E-state index contributed by atoms with van der Waals surface area (Å²) in [5.41, 5.74) is -0.385. The van der Waals surface area contributed by atoms with Gasteiger partial charge in [-0.15, -0.1) is 10.2 Å². The third-order valence-corrected chi connectivity index (χ3v) is 3.47. The van der Waals surface area contributed by atoms with E-state index in [4.69, 9.17) is 14.3 Å². The molecular formula is C14H22N2O4. The topological polar surface area (TPSA) is 85.5 Å². The Labute approximate surface area is 118 Å². The van der Waals surface area contributed by atoms with Gasteiger partial charge in [0.15, 0.2) is 0 Å². The molecule has 1 aromatic rings. The molecular weight excluding hydrogens is 260 g/mol. The van der Waals surface area contributed by atoms with Crippen molar-refractivity contribution in [3.05, 3.63) is 11.8 Å². The monoisotopic (exact) mass is 282 g/mol. The average Bonchev–Trinajstić information content (AvgIpc) is 2.94. The van der Waals surface area contributed by atoms with Crippen LogP contribution in [0.15, 0.2) is 4.42 Å². The highest BCUT2D eigenvalue weighted by Gasteiger charge is 2.25.